The normalized spacial score (nSPS) is 22.1. The molecule has 0 radical (unpaired) electrons. The Morgan fingerprint density at radius 2 is 1.80 bits per heavy atom. The van der Waals surface area contributed by atoms with Gasteiger partial charge < -0.3 is 20.9 Å². The number of benzene rings is 1. The summed E-state index contributed by atoms with van der Waals surface area (Å²) in [6.07, 6.45) is 6.15. The molecule has 9 heteroatoms. The molecule has 3 aliphatic rings. The zero-order valence-corrected chi connectivity index (χ0v) is 19.7. The van der Waals surface area contributed by atoms with Gasteiger partial charge in [-0.2, -0.15) is 0 Å². The first-order valence-corrected chi connectivity index (χ1v) is 12.2. The molecular weight excluding hydrogens is 449 g/mol. The average molecular weight is 480 g/mol. The van der Waals surface area contributed by atoms with Crippen molar-refractivity contribution in [1.29, 1.82) is 0 Å². The second-order valence-electron chi connectivity index (χ2n) is 9.99. The first-order chi connectivity index (χ1) is 16.8. The van der Waals surface area contributed by atoms with Crippen LogP contribution in [0.4, 0.5) is 15.9 Å². The topological polar surface area (TPSA) is 109 Å². The number of rotatable bonds is 5. The molecule has 1 aliphatic heterocycles. The van der Waals surface area contributed by atoms with Crippen molar-refractivity contribution in [1.82, 2.24) is 14.8 Å². The number of nitrogens with two attached hydrogens (primary N) is 1. The lowest BCUT2D eigenvalue weighted by Crippen LogP contribution is -2.58. The van der Waals surface area contributed by atoms with Gasteiger partial charge in [-0.25, -0.2) is 9.37 Å². The number of carbonyl (C=O) groups excluding carboxylic acids is 3. The van der Waals surface area contributed by atoms with Crippen LogP contribution in [0.3, 0.4) is 0 Å². The highest BCUT2D eigenvalue weighted by Gasteiger charge is 2.40. The van der Waals surface area contributed by atoms with Crippen molar-refractivity contribution in [3.8, 4) is 0 Å². The number of carbonyl (C=O) groups is 3. The number of hydrogen-bond donors (Lipinski definition) is 2. The Labute approximate surface area is 203 Å². The number of piperazine rings is 1. The van der Waals surface area contributed by atoms with E-state index in [1.807, 2.05) is 6.92 Å². The van der Waals surface area contributed by atoms with Crippen molar-refractivity contribution < 1.29 is 18.8 Å². The van der Waals surface area contributed by atoms with Crippen LogP contribution in [0.5, 0.6) is 0 Å². The van der Waals surface area contributed by atoms with Crippen LogP contribution < -0.4 is 11.1 Å². The molecule has 3 fully saturated rings. The average Bonchev–Trinajstić information content (AvgIpc) is 3.75. The highest BCUT2D eigenvalue weighted by atomic mass is 19.1. The molecular formula is C26H30FN5O3. The summed E-state index contributed by atoms with van der Waals surface area (Å²) in [5, 5.41) is 2.66. The Kier molecular flexibility index (Phi) is 6.17. The summed E-state index contributed by atoms with van der Waals surface area (Å²) in [4.78, 5) is 46.7. The molecule has 2 aromatic rings. The van der Waals surface area contributed by atoms with Crippen LogP contribution in [0.25, 0.3) is 0 Å². The predicted octanol–water partition coefficient (Wildman–Crippen LogP) is 3.22. The van der Waals surface area contributed by atoms with Crippen LogP contribution >= 0.6 is 0 Å². The number of halogens is 1. The van der Waals surface area contributed by atoms with E-state index in [2.05, 4.69) is 10.3 Å². The molecule has 184 valence electrons. The van der Waals surface area contributed by atoms with Gasteiger partial charge in [0.05, 0.1) is 17.9 Å². The van der Waals surface area contributed by atoms with E-state index in [0.29, 0.717) is 35.3 Å². The molecule has 35 heavy (non-hydrogen) atoms. The summed E-state index contributed by atoms with van der Waals surface area (Å²) >= 11 is 0. The molecule has 1 aromatic carbocycles. The molecule has 2 atom stereocenters. The number of nitrogens with zero attached hydrogens (tertiary/aromatic N) is 3. The molecule has 2 aliphatic carbocycles. The van der Waals surface area contributed by atoms with Crippen LogP contribution in [-0.4, -0.2) is 51.6 Å². The number of nitrogens with one attached hydrogen (secondary N) is 1. The third-order valence-electron chi connectivity index (χ3n) is 7.15. The van der Waals surface area contributed by atoms with E-state index in [-0.39, 0.29) is 25.0 Å². The van der Waals surface area contributed by atoms with Crippen molar-refractivity contribution >= 4 is 29.2 Å². The Morgan fingerprint density at radius 1 is 1.09 bits per heavy atom. The zero-order valence-electron chi connectivity index (χ0n) is 19.7. The number of anilines is 2. The van der Waals surface area contributed by atoms with Crippen molar-refractivity contribution in [3.05, 3.63) is 53.5 Å². The fourth-order valence-corrected chi connectivity index (χ4v) is 4.80. The Bertz CT molecular complexity index is 1150. The summed E-state index contributed by atoms with van der Waals surface area (Å²) < 4.78 is 13.6. The third kappa shape index (κ3) is 5.13. The van der Waals surface area contributed by atoms with Crippen LogP contribution in [0.2, 0.25) is 0 Å². The van der Waals surface area contributed by atoms with Gasteiger partial charge in [-0.3, -0.25) is 14.4 Å². The minimum absolute atomic E-state index is 0.0595. The largest absolute Gasteiger partial charge is 0.383 e. The number of hydrogen-bond acceptors (Lipinski definition) is 5. The molecule has 1 saturated heterocycles. The molecule has 0 spiro atoms. The van der Waals surface area contributed by atoms with Gasteiger partial charge in [0.1, 0.15) is 11.6 Å². The number of pyridine rings is 1. The van der Waals surface area contributed by atoms with Gasteiger partial charge >= 0.3 is 11.8 Å². The fourth-order valence-electron chi connectivity index (χ4n) is 4.80. The van der Waals surface area contributed by atoms with Crippen LogP contribution in [-0.2, 0) is 14.4 Å². The third-order valence-corrected chi connectivity index (χ3v) is 7.15. The highest BCUT2D eigenvalue weighted by Crippen LogP contribution is 2.43. The van der Waals surface area contributed by atoms with E-state index >= 15 is 0 Å². The molecule has 0 unspecified atom stereocenters. The molecule has 2 heterocycles. The van der Waals surface area contributed by atoms with Gasteiger partial charge in [-0.15, -0.1) is 0 Å². The van der Waals surface area contributed by atoms with Crippen molar-refractivity contribution in [2.45, 2.75) is 57.0 Å². The van der Waals surface area contributed by atoms with Crippen LogP contribution in [0.15, 0.2) is 36.5 Å². The Hall–Kier alpha value is -3.49. The molecule has 0 bridgehead atoms. The van der Waals surface area contributed by atoms with Gasteiger partial charge in [-0.1, -0.05) is 12.1 Å². The molecule has 3 amide bonds. The number of amides is 3. The van der Waals surface area contributed by atoms with Crippen LogP contribution in [0, 0.1) is 11.7 Å². The first-order valence-electron chi connectivity index (χ1n) is 12.2. The molecule has 8 nitrogen and oxygen atoms in total. The van der Waals surface area contributed by atoms with E-state index in [9.17, 15) is 18.8 Å². The van der Waals surface area contributed by atoms with Gasteiger partial charge in [0.25, 0.3) is 0 Å². The summed E-state index contributed by atoms with van der Waals surface area (Å²) in [6, 6.07) is 6.83. The monoisotopic (exact) mass is 479 g/mol. The van der Waals surface area contributed by atoms with E-state index in [0.717, 1.165) is 31.2 Å². The zero-order chi connectivity index (χ0) is 24.7. The second kappa shape index (κ2) is 9.28. The van der Waals surface area contributed by atoms with E-state index in [1.54, 1.807) is 23.1 Å². The Balaban J connectivity index is 1.36. The lowest BCUT2D eigenvalue weighted by atomic mass is 9.98. The van der Waals surface area contributed by atoms with Crippen molar-refractivity contribution in [3.63, 3.8) is 0 Å². The van der Waals surface area contributed by atoms with E-state index in [4.69, 9.17) is 5.73 Å². The Morgan fingerprint density at radius 3 is 2.46 bits per heavy atom. The smallest absolute Gasteiger partial charge is 0.313 e. The van der Waals surface area contributed by atoms with E-state index in [1.165, 1.54) is 23.2 Å². The maximum atomic E-state index is 13.6. The summed E-state index contributed by atoms with van der Waals surface area (Å²) in [7, 11) is 0. The maximum Gasteiger partial charge on any atom is 0.313 e. The van der Waals surface area contributed by atoms with Crippen LogP contribution in [0.1, 0.15) is 62.1 Å². The van der Waals surface area contributed by atoms with Crippen molar-refractivity contribution in [2.24, 2.45) is 5.92 Å². The lowest BCUT2D eigenvalue weighted by molar-refractivity contribution is -0.151. The summed E-state index contributed by atoms with van der Waals surface area (Å²) in [6.45, 7) is 2.35. The highest BCUT2D eigenvalue weighted by molar-refractivity contribution is 6.39. The van der Waals surface area contributed by atoms with Gasteiger partial charge in [0, 0.05) is 25.6 Å². The second-order valence-corrected chi connectivity index (χ2v) is 9.99. The first kappa shape index (κ1) is 23.3. The summed E-state index contributed by atoms with van der Waals surface area (Å²) in [5.41, 5.74) is 7.94. The molecule has 2 saturated carbocycles. The lowest BCUT2D eigenvalue weighted by Gasteiger charge is -2.45. The van der Waals surface area contributed by atoms with Gasteiger partial charge in [0.2, 0.25) is 5.91 Å². The van der Waals surface area contributed by atoms with Gasteiger partial charge in [0.15, 0.2) is 0 Å². The minimum atomic E-state index is -0.782. The predicted molar refractivity (Wildman–Crippen MR) is 129 cm³/mol. The number of nitrogen functional groups attached to an aromatic ring is 1. The molecule has 1 aromatic heterocycles. The van der Waals surface area contributed by atoms with E-state index < -0.39 is 23.7 Å². The maximum absolute atomic E-state index is 13.6. The fraction of sp³-hybridized carbons (Fsp3) is 0.462. The summed E-state index contributed by atoms with van der Waals surface area (Å²) in [5.74, 6) is -0.588. The number of aromatic nitrogens is 1. The SMILES string of the molecule is C[C@H]1CN(C(=O)C(=O)Nc2cnc(N)c(C3CC3)c2)[C@@H](c2ccc(F)cc2)CN1C(=O)CC1CC1. The molecule has 5 rings (SSSR count). The quantitative estimate of drug-likeness (QED) is 0.640. The minimum Gasteiger partial charge on any atom is -0.383 e. The standard InChI is InChI=1S/C26H30FN5O3/c1-15-13-32(26(35)25(34)30-20-11-21(17-4-5-17)24(28)29-12-20)22(18-6-8-19(27)9-7-18)14-31(15)23(33)10-16-2-3-16/h6-9,11-12,15-17,22H,2-5,10,13-14H2,1H3,(H2,28,29)(H,30,34)/t15-,22+/m0/s1. The van der Waals surface area contributed by atoms with Crippen molar-refractivity contribution in [2.75, 3.05) is 24.1 Å². The molecule has 3 N–H and O–H groups in total. The van der Waals surface area contributed by atoms with Gasteiger partial charge in [-0.05, 0) is 73.8 Å².